The van der Waals surface area contributed by atoms with Crippen LogP contribution in [-0.4, -0.2) is 21.0 Å². The number of para-hydroxylation sites is 2. The highest BCUT2D eigenvalue weighted by Crippen LogP contribution is 2.42. The van der Waals surface area contributed by atoms with Crippen LogP contribution in [0, 0.1) is 0 Å². The smallest absolute Gasteiger partial charge is 0.305 e. The second-order valence-electron chi connectivity index (χ2n) is 6.30. The third kappa shape index (κ3) is 2.00. The van der Waals surface area contributed by atoms with Crippen molar-refractivity contribution in [2.45, 2.75) is 37.5 Å². The minimum absolute atomic E-state index is 0.0606. The van der Waals surface area contributed by atoms with Crippen molar-refractivity contribution in [3.8, 4) is 0 Å². The van der Waals surface area contributed by atoms with Crippen molar-refractivity contribution >= 4 is 33.2 Å². The Labute approximate surface area is 136 Å². The molecular weight excluding hydrogens is 310 g/mol. The molecule has 5 rings (SSSR count). The molecule has 0 spiro atoms. The topological polar surface area (TPSA) is 40.5 Å². The average Bonchev–Trinajstić information content (AvgIpc) is 3.12. The van der Waals surface area contributed by atoms with Gasteiger partial charge in [-0.05, 0) is 31.4 Å². The van der Waals surface area contributed by atoms with Crippen LogP contribution in [0.1, 0.15) is 25.3 Å². The van der Waals surface area contributed by atoms with E-state index in [1.165, 1.54) is 21.8 Å². The summed E-state index contributed by atoms with van der Waals surface area (Å²) in [6, 6.07) is 17.1. The third-order valence-corrected chi connectivity index (χ3v) is 5.86. The van der Waals surface area contributed by atoms with Gasteiger partial charge in [0.15, 0.2) is 0 Å². The Morgan fingerprint density at radius 2 is 1.57 bits per heavy atom. The number of hydrogen-bond acceptors (Lipinski definition) is 3. The zero-order valence-electron chi connectivity index (χ0n) is 12.6. The van der Waals surface area contributed by atoms with E-state index >= 15 is 0 Å². The van der Waals surface area contributed by atoms with Crippen LogP contribution >= 0.6 is 0 Å². The fraction of sp³-hybridized carbons (Fsp3) is 0.333. The van der Waals surface area contributed by atoms with E-state index in [4.69, 9.17) is 8.37 Å². The lowest BCUT2D eigenvalue weighted by molar-refractivity contribution is 0.0671. The Bertz CT molecular complexity index is 866. The van der Waals surface area contributed by atoms with E-state index in [1.807, 2.05) is 0 Å². The van der Waals surface area contributed by atoms with Crippen LogP contribution in [0.3, 0.4) is 0 Å². The van der Waals surface area contributed by atoms with Gasteiger partial charge >= 0.3 is 11.4 Å². The van der Waals surface area contributed by atoms with Crippen LogP contribution in [0.25, 0.3) is 21.8 Å². The van der Waals surface area contributed by atoms with Crippen molar-refractivity contribution in [2.75, 3.05) is 0 Å². The van der Waals surface area contributed by atoms with E-state index in [-0.39, 0.29) is 18.2 Å². The number of nitrogens with zero attached hydrogens (tertiary/aromatic N) is 1. The summed E-state index contributed by atoms with van der Waals surface area (Å²) in [5, 5.41) is 2.51. The molecule has 2 aromatic carbocycles. The molecule has 2 fully saturated rings. The Morgan fingerprint density at radius 1 is 0.913 bits per heavy atom. The van der Waals surface area contributed by atoms with Crippen LogP contribution in [-0.2, 0) is 19.7 Å². The van der Waals surface area contributed by atoms with Gasteiger partial charge in [0, 0.05) is 21.8 Å². The normalized spacial score (nSPS) is 30.8. The minimum Gasteiger partial charge on any atom is -0.335 e. The Hall–Kier alpha value is -1.69. The van der Waals surface area contributed by atoms with Crippen LogP contribution in [0.15, 0.2) is 48.5 Å². The molecule has 23 heavy (non-hydrogen) atoms. The summed E-state index contributed by atoms with van der Waals surface area (Å²) in [7, 11) is 0. The molecule has 2 heterocycles. The van der Waals surface area contributed by atoms with Crippen molar-refractivity contribution in [3.05, 3.63) is 48.5 Å². The predicted octanol–water partition coefficient (Wildman–Crippen LogP) is 3.88. The van der Waals surface area contributed by atoms with Gasteiger partial charge in [-0.25, -0.2) is 0 Å². The van der Waals surface area contributed by atoms with E-state index < -0.39 is 11.4 Å². The SMILES string of the molecule is O=S1O[C@H]2[C@H](n3c4ccccc4c4ccccc43)CCC[C@H]2O1. The van der Waals surface area contributed by atoms with Gasteiger partial charge in [0.25, 0.3) is 0 Å². The molecule has 3 aromatic rings. The van der Waals surface area contributed by atoms with Crippen LogP contribution in [0.2, 0.25) is 0 Å². The Morgan fingerprint density at radius 3 is 2.26 bits per heavy atom. The maximum absolute atomic E-state index is 11.7. The Balaban J connectivity index is 1.76. The molecular formula is C18H17NO3S. The molecule has 0 amide bonds. The van der Waals surface area contributed by atoms with Gasteiger partial charge in [0.2, 0.25) is 0 Å². The second kappa shape index (κ2) is 5.16. The zero-order chi connectivity index (χ0) is 15.4. The molecule has 5 heteroatoms. The summed E-state index contributed by atoms with van der Waals surface area (Å²) >= 11 is -1.61. The van der Waals surface area contributed by atoms with Crippen LogP contribution in [0.4, 0.5) is 0 Å². The van der Waals surface area contributed by atoms with Gasteiger partial charge < -0.3 is 4.57 Å². The lowest BCUT2D eigenvalue weighted by Gasteiger charge is -2.32. The Kier molecular flexibility index (Phi) is 3.08. The standard InChI is InChI=1S/C18H17NO3S/c20-23-21-17-11-5-10-16(18(17)22-23)19-14-8-3-1-6-12(14)13-7-2-4-9-15(13)19/h1-4,6-9,16-18H,5,10-11H2/t16-,17-,18+,23?/m1/s1. The molecule has 1 aliphatic carbocycles. The lowest BCUT2D eigenvalue weighted by atomic mass is 9.89. The van der Waals surface area contributed by atoms with E-state index in [0.717, 1.165) is 19.3 Å². The first-order valence-electron chi connectivity index (χ1n) is 8.06. The van der Waals surface area contributed by atoms with Crippen molar-refractivity contribution < 1.29 is 12.6 Å². The van der Waals surface area contributed by atoms with E-state index in [9.17, 15) is 4.21 Å². The number of hydrogen-bond donors (Lipinski definition) is 0. The van der Waals surface area contributed by atoms with Crippen LogP contribution < -0.4 is 0 Å². The maximum atomic E-state index is 11.7. The van der Waals surface area contributed by atoms with Crippen molar-refractivity contribution in [2.24, 2.45) is 0 Å². The van der Waals surface area contributed by atoms with Crippen molar-refractivity contribution in [3.63, 3.8) is 0 Å². The first-order chi connectivity index (χ1) is 11.3. The van der Waals surface area contributed by atoms with Gasteiger partial charge in [-0.15, -0.1) is 0 Å². The van der Waals surface area contributed by atoms with Crippen LogP contribution in [0.5, 0.6) is 0 Å². The van der Waals surface area contributed by atoms with Gasteiger partial charge in [-0.1, -0.05) is 36.4 Å². The number of rotatable bonds is 1. The molecule has 0 radical (unpaired) electrons. The molecule has 1 unspecified atom stereocenters. The summed E-state index contributed by atoms with van der Waals surface area (Å²) < 4.78 is 25.2. The molecule has 1 aromatic heterocycles. The van der Waals surface area contributed by atoms with E-state index in [1.54, 1.807) is 0 Å². The summed E-state index contributed by atoms with van der Waals surface area (Å²) in [6.07, 6.45) is 2.81. The maximum Gasteiger partial charge on any atom is 0.305 e. The van der Waals surface area contributed by atoms with E-state index in [0.29, 0.717) is 0 Å². The average molecular weight is 327 g/mol. The van der Waals surface area contributed by atoms with Gasteiger partial charge in [0.1, 0.15) is 12.2 Å². The van der Waals surface area contributed by atoms with Gasteiger partial charge in [-0.2, -0.15) is 4.21 Å². The third-order valence-electron chi connectivity index (χ3n) is 5.08. The van der Waals surface area contributed by atoms with Gasteiger partial charge in [0.05, 0.1) is 6.04 Å². The highest BCUT2D eigenvalue weighted by atomic mass is 32.2. The second-order valence-corrected chi connectivity index (χ2v) is 7.10. The summed E-state index contributed by atoms with van der Waals surface area (Å²) in [4.78, 5) is 0. The van der Waals surface area contributed by atoms with E-state index in [2.05, 4.69) is 53.1 Å². The zero-order valence-corrected chi connectivity index (χ0v) is 13.4. The molecule has 1 saturated carbocycles. The summed E-state index contributed by atoms with van der Waals surface area (Å²) in [6.45, 7) is 0. The van der Waals surface area contributed by atoms with Crippen molar-refractivity contribution in [1.29, 1.82) is 0 Å². The summed E-state index contributed by atoms with van der Waals surface area (Å²) in [5.41, 5.74) is 2.42. The molecule has 0 N–H and O–H groups in total. The number of aromatic nitrogens is 1. The first kappa shape index (κ1) is 13.7. The van der Waals surface area contributed by atoms with Gasteiger partial charge in [-0.3, -0.25) is 8.37 Å². The number of benzene rings is 2. The quantitative estimate of drug-likeness (QED) is 0.681. The largest absolute Gasteiger partial charge is 0.335 e. The predicted molar refractivity (Wildman–Crippen MR) is 90.2 cm³/mol. The number of fused-ring (bicyclic) bond motifs is 4. The fourth-order valence-corrected chi connectivity index (χ4v) is 5.02. The van der Waals surface area contributed by atoms with Crippen molar-refractivity contribution in [1.82, 2.24) is 4.57 Å². The summed E-state index contributed by atoms with van der Waals surface area (Å²) in [5.74, 6) is 0. The first-order valence-corrected chi connectivity index (χ1v) is 9.06. The highest BCUT2D eigenvalue weighted by molar-refractivity contribution is 7.75. The molecule has 4 nitrogen and oxygen atoms in total. The molecule has 0 bridgehead atoms. The molecule has 1 saturated heterocycles. The minimum atomic E-state index is -1.61. The fourth-order valence-electron chi connectivity index (χ4n) is 4.13. The molecule has 4 atom stereocenters. The highest BCUT2D eigenvalue weighted by Gasteiger charge is 2.44. The monoisotopic (exact) mass is 327 g/mol. The molecule has 118 valence electrons. The molecule has 2 aliphatic rings. The lowest BCUT2D eigenvalue weighted by Crippen LogP contribution is -2.36. The molecule has 1 aliphatic heterocycles.